The molecule has 0 radical (unpaired) electrons. The van der Waals surface area contributed by atoms with Crippen molar-refractivity contribution in [1.29, 1.82) is 0 Å². The van der Waals surface area contributed by atoms with E-state index in [0.717, 1.165) is 19.2 Å². The van der Waals surface area contributed by atoms with Crippen molar-refractivity contribution in [2.24, 2.45) is 0 Å². The van der Waals surface area contributed by atoms with Crippen molar-refractivity contribution in [3.63, 3.8) is 0 Å². The van der Waals surface area contributed by atoms with Crippen molar-refractivity contribution < 1.29 is 10.2 Å². The Hall–Kier alpha value is -1.88. The van der Waals surface area contributed by atoms with Crippen molar-refractivity contribution in [3.05, 3.63) is 24.3 Å². The molecule has 4 rings (SSSR count). The molecule has 0 saturated carbocycles. The largest absolute Gasteiger partial charge is 0.506 e. The Labute approximate surface area is 151 Å². The van der Waals surface area contributed by atoms with E-state index in [-0.39, 0.29) is 11.5 Å². The molecule has 2 heterocycles. The number of thiazole rings is 2. The fourth-order valence-corrected chi connectivity index (χ4v) is 5.94. The van der Waals surface area contributed by atoms with Crippen LogP contribution in [0.3, 0.4) is 0 Å². The lowest BCUT2D eigenvalue weighted by Gasteiger charge is -2.04. The topological polar surface area (TPSA) is 118 Å². The Balaban J connectivity index is 1.62. The number of fused-ring (bicyclic) bond motifs is 2. The molecule has 24 heavy (non-hydrogen) atoms. The highest BCUT2D eigenvalue weighted by atomic mass is 33.1. The molecule has 2 aromatic heterocycles. The van der Waals surface area contributed by atoms with Crippen LogP contribution in [0.15, 0.2) is 34.1 Å². The van der Waals surface area contributed by atoms with Gasteiger partial charge in [-0.15, -0.1) is 0 Å². The first-order valence-corrected chi connectivity index (χ1v) is 10.4. The van der Waals surface area contributed by atoms with Gasteiger partial charge in [0.1, 0.15) is 22.5 Å². The maximum Gasteiger partial charge on any atom is 0.181 e. The number of hydrogen-bond donors (Lipinski definition) is 4. The molecule has 4 aromatic rings. The number of hydrogen-bond acceptors (Lipinski definition) is 10. The predicted molar refractivity (Wildman–Crippen MR) is 103 cm³/mol. The van der Waals surface area contributed by atoms with Crippen LogP contribution in [0, 0.1) is 0 Å². The van der Waals surface area contributed by atoms with Crippen LogP contribution in [0.5, 0.6) is 11.5 Å². The predicted octanol–water partition coefficient (Wildman–Crippen LogP) is 4.28. The zero-order chi connectivity index (χ0) is 16.8. The summed E-state index contributed by atoms with van der Waals surface area (Å²) in [5.74, 6) is 0.217. The molecule has 0 saturated heterocycles. The average molecular weight is 395 g/mol. The molecule has 6 N–H and O–H groups in total. The number of phenolic OH excluding ortho intramolecular Hbond substituents is 2. The molecule has 0 atom stereocenters. The first-order valence-electron chi connectivity index (χ1n) is 6.62. The minimum Gasteiger partial charge on any atom is -0.506 e. The van der Waals surface area contributed by atoms with E-state index < -0.39 is 0 Å². The summed E-state index contributed by atoms with van der Waals surface area (Å²) in [6.45, 7) is 0. The molecule has 0 aliphatic carbocycles. The molecule has 0 unspecified atom stereocenters. The summed E-state index contributed by atoms with van der Waals surface area (Å²) < 4.78 is 1.67. The fourth-order valence-electron chi connectivity index (χ4n) is 2.20. The summed E-state index contributed by atoms with van der Waals surface area (Å²) in [6.07, 6.45) is 0. The minimum atomic E-state index is 0.108. The second-order valence-electron chi connectivity index (χ2n) is 4.85. The zero-order valence-electron chi connectivity index (χ0n) is 11.9. The van der Waals surface area contributed by atoms with Gasteiger partial charge < -0.3 is 21.7 Å². The summed E-state index contributed by atoms with van der Waals surface area (Å²) in [5.41, 5.74) is 12.4. The van der Waals surface area contributed by atoms with Crippen LogP contribution in [0.25, 0.3) is 20.4 Å². The van der Waals surface area contributed by atoms with Gasteiger partial charge in [-0.2, -0.15) is 0 Å². The summed E-state index contributed by atoms with van der Waals surface area (Å²) in [7, 11) is 2.94. The molecule has 0 bridgehead atoms. The number of aromatic hydroxyl groups is 2. The van der Waals surface area contributed by atoms with Gasteiger partial charge in [-0.25, -0.2) is 9.97 Å². The molecule has 122 valence electrons. The normalized spacial score (nSPS) is 11.5. The van der Waals surface area contributed by atoms with Crippen molar-refractivity contribution >= 4 is 75.0 Å². The number of aromatic nitrogens is 2. The van der Waals surface area contributed by atoms with Crippen molar-refractivity contribution in [1.82, 2.24) is 9.97 Å². The van der Waals surface area contributed by atoms with Crippen LogP contribution in [0.4, 0.5) is 10.3 Å². The number of anilines is 2. The summed E-state index contributed by atoms with van der Waals surface area (Å²) >= 11 is 2.67. The van der Waals surface area contributed by atoms with Gasteiger partial charge in [-0.05, 0) is 24.3 Å². The maximum atomic E-state index is 10.1. The molecule has 0 amide bonds. The number of phenols is 2. The van der Waals surface area contributed by atoms with Crippen LogP contribution in [0.1, 0.15) is 0 Å². The van der Waals surface area contributed by atoms with E-state index in [9.17, 15) is 10.2 Å². The molecule has 0 aliphatic rings. The highest BCUT2D eigenvalue weighted by molar-refractivity contribution is 8.76. The zero-order valence-corrected chi connectivity index (χ0v) is 15.2. The molecular formula is C14H10N4O2S4. The second kappa shape index (κ2) is 5.88. The number of nitrogen functional groups attached to an aromatic ring is 2. The van der Waals surface area contributed by atoms with Crippen molar-refractivity contribution in [3.8, 4) is 11.5 Å². The first kappa shape index (κ1) is 15.6. The Bertz CT molecular complexity index is 990. The number of rotatable bonds is 3. The van der Waals surface area contributed by atoms with Crippen LogP contribution in [-0.4, -0.2) is 20.2 Å². The van der Waals surface area contributed by atoms with Crippen LogP contribution < -0.4 is 11.5 Å². The van der Waals surface area contributed by atoms with Gasteiger partial charge >= 0.3 is 0 Å². The summed E-state index contributed by atoms with van der Waals surface area (Å²) in [5, 5.41) is 21.0. The Morgan fingerprint density at radius 2 is 1.17 bits per heavy atom. The SMILES string of the molecule is Nc1nc2c(O)cc(SSc3cc(O)c4nc(N)sc4c3)cc2s1. The molecule has 6 nitrogen and oxygen atoms in total. The average Bonchev–Trinajstić information content (AvgIpc) is 3.07. The maximum absolute atomic E-state index is 10.1. The van der Waals surface area contributed by atoms with E-state index >= 15 is 0 Å². The second-order valence-corrected chi connectivity index (χ2v) is 9.25. The van der Waals surface area contributed by atoms with Crippen LogP contribution in [-0.2, 0) is 0 Å². The smallest absolute Gasteiger partial charge is 0.181 e. The van der Waals surface area contributed by atoms with E-state index in [4.69, 9.17) is 11.5 Å². The molecule has 0 fully saturated rings. The molecule has 2 aromatic carbocycles. The lowest BCUT2D eigenvalue weighted by Crippen LogP contribution is -1.80. The fraction of sp³-hybridized carbons (Fsp3) is 0. The lowest BCUT2D eigenvalue weighted by molar-refractivity contribution is 0.478. The number of nitrogens with two attached hydrogens (primary N) is 2. The van der Waals surface area contributed by atoms with E-state index in [0.29, 0.717) is 21.3 Å². The minimum absolute atomic E-state index is 0.108. The Morgan fingerprint density at radius 1 is 0.750 bits per heavy atom. The van der Waals surface area contributed by atoms with Gasteiger partial charge in [0.2, 0.25) is 0 Å². The van der Waals surface area contributed by atoms with Crippen molar-refractivity contribution in [2.45, 2.75) is 9.79 Å². The van der Waals surface area contributed by atoms with Gasteiger partial charge in [-0.1, -0.05) is 44.3 Å². The quantitative estimate of drug-likeness (QED) is 0.380. The standard InChI is InChI=1S/C14H10N4O2S4/c15-13-17-11-7(19)1-5(3-9(11)21-13)23-24-6-2-8(20)12-10(4-6)22-14(16)18-12/h1-4,19-20H,(H2,15,17)(H2,16,18). The van der Waals surface area contributed by atoms with Gasteiger partial charge in [0.05, 0.1) is 9.40 Å². The van der Waals surface area contributed by atoms with Crippen molar-refractivity contribution in [2.75, 3.05) is 11.5 Å². The first-order chi connectivity index (χ1) is 11.5. The summed E-state index contributed by atoms with van der Waals surface area (Å²) in [6, 6.07) is 7.18. The van der Waals surface area contributed by atoms with E-state index in [1.54, 1.807) is 12.1 Å². The number of nitrogens with zero attached hydrogens (tertiary/aromatic N) is 2. The van der Waals surface area contributed by atoms with E-state index in [2.05, 4.69) is 9.97 Å². The molecule has 0 aliphatic heterocycles. The number of benzene rings is 2. The third-order valence-corrected chi connectivity index (χ3v) is 7.17. The lowest BCUT2D eigenvalue weighted by atomic mass is 10.3. The Morgan fingerprint density at radius 3 is 1.58 bits per heavy atom. The van der Waals surface area contributed by atoms with E-state index in [1.807, 2.05) is 12.1 Å². The summed E-state index contributed by atoms with van der Waals surface area (Å²) in [4.78, 5) is 9.94. The third-order valence-electron chi connectivity index (χ3n) is 3.16. The third kappa shape index (κ3) is 2.81. The van der Waals surface area contributed by atoms with E-state index in [1.165, 1.54) is 44.3 Å². The van der Waals surface area contributed by atoms with Gasteiger partial charge in [-0.3, -0.25) is 0 Å². The molecular weight excluding hydrogens is 384 g/mol. The van der Waals surface area contributed by atoms with Crippen LogP contribution >= 0.6 is 44.3 Å². The van der Waals surface area contributed by atoms with Gasteiger partial charge in [0.15, 0.2) is 10.3 Å². The highest BCUT2D eigenvalue weighted by Crippen LogP contribution is 2.44. The molecule has 10 heteroatoms. The van der Waals surface area contributed by atoms with Gasteiger partial charge in [0, 0.05) is 9.79 Å². The highest BCUT2D eigenvalue weighted by Gasteiger charge is 2.12. The van der Waals surface area contributed by atoms with Gasteiger partial charge in [0.25, 0.3) is 0 Å². The molecule has 0 spiro atoms. The Kier molecular flexibility index (Phi) is 3.83. The van der Waals surface area contributed by atoms with Crippen LogP contribution in [0.2, 0.25) is 0 Å². The monoisotopic (exact) mass is 394 g/mol.